The van der Waals surface area contributed by atoms with Crippen molar-refractivity contribution < 1.29 is 28.6 Å². The number of methoxy groups -OCH3 is 1. The molecule has 1 unspecified atom stereocenters. The average molecular weight is 442 g/mol. The second-order valence-corrected chi connectivity index (χ2v) is 8.55. The lowest BCUT2D eigenvalue weighted by atomic mass is 9.96. The Hall–Kier alpha value is -3.35. The molecule has 172 valence electrons. The van der Waals surface area contributed by atoms with Gasteiger partial charge in [0.2, 0.25) is 5.91 Å². The standard InChI is InChI=1S/C25H31NO6/c1-16-12-19(13-20(23(28)30-6)24(29)32-25(3,4)5)14-21(22(16)26-17(2)27)31-15-18-10-8-7-9-11-18/h7-12,14,20H,13,15H2,1-6H3,(H,26,27). The molecule has 7 nitrogen and oxygen atoms in total. The summed E-state index contributed by atoms with van der Waals surface area (Å²) in [6.07, 6.45) is 0.0739. The normalized spacial score (nSPS) is 11.9. The molecule has 0 aliphatic rings. The molecule has 0 aliphatic carbocycles. The van der Waals surface area contributed by atoms with Crippen molar-refractivity contribution in [3.63, 3.8) is 0 Å². The summed E-state index contributed by atoms with van der Waals surface area (Å²) in [4.78, 5) is 36.7. The maximum Gasteiger partial charge on any atom is 0.321 e. The molecule has 2 aromatic carbocycles. The van der Waals surface area contributed by atoms with Crippen LogP contribution in [0.1, 0.15) is 44.4 Å². The molecule has 0 heterocycles. The number of carbonyl (C=O) groups is 3. The molecule has 0 aromatic heterocycles. The van der Waals surface area contributed by atoms with Crippen LogP contribution < -0.4 is 10.1 Å². The van der Waals surface area contributed by atoms with E-state index in [9.17, 15) is 14.4 Å². The molecule has 1 N–H and O–H groups in total. The Balaban J connectivity index is 2.36. The van der Waals surface area contributed by atoms with Gasteiger partial charge in [-0.05, 0) is 56.9 Å². The van der Waals surface area contributed by atoms with Gasteiger partial charge in [-0.15, -0.1) is 0 Å². The van der Waals surface area contributed by atoms with Crippen molar-refractivity contribution in [2.75, 3.05) is 12.4 Å². The number of aryl methyl sites for hydroxylation is 1. The van der Waals surface area contributed by atoms with E-state index in [4.69, 9.17) is 14.2 Å². The number of anilines is 1. The largest absolute Gasteiger partial charge is 0.487 e. The highest BCUT2D eigenvalue weighted by Crippen LogP contribution is 2.32. The zero-order valence-electron chi connectivity index (χ0n) is 19.5. The third-order valence-corrected chi connectivity index (χ3v) is 4.51. The van der Waals surface area contributed by atoms with Gasteiger partial charge in [0.25, 0.3) is 0 Å². The van der Waals surface area contributed by atoms with Crippen LogP contribution in [-0.4, -0.2) is 30.6 Å². The van der Waals surface area contributed by atoms with Crippen LogP contribution in [0.2, 0.25) is 0 Å². The lowest BCUT2D eigenvalue weighted by molar-refractivity contribution is -0.168. The third kappa shape index (κ3) is 7.41. The Morgan fingerprint density at radius 2 is 1.66 bits per heavy atom. The molecule has 2 rings (SSSR count). The molecule has 0 saturated heterocycles. The number of hydrogen-bond donors (Lipinski definition) is 1. The van der Waals surface area contributed by atoms with E-state index >= 15 is 0 Å². The first kappa shape index (κ1) is 24.9. The molecule has 7 heteroatoms. The highest BCUT2D eigenvalue weighted by Gasteiger charge is 2.32. The van der Waals surface area contributed by atoms with Crippen molar-refractivity contribution in [1.29, 1.82) is 0 Å². The summed E-state index contributed by atoms with van der Waals surface area (Å²) < 4.78 is 16.3. The summed E-state index contributed by atoms with van der Waals surface area (Å²) in [5.74, 6) is -2.22. The maximum atomic E-state index is 12.6. The van der Waals surface area contributed by atoms with Gasteiger partial charge in [0, 0.05) is 6.92 Å². The van der Waals surface area contributed by atoms with Crippen LogP contribution >= 0.6 is 0 Å². The molecular weight excluding hydrogens is 410 g/mol. The van der Waals surface area contributed by atoms with Gasteiger partial charge in [0.15, 0.2) is 5.92 Å². The van der Waals surface area contributed by atoms with Gasteiger partial charge >= 0.3 is 11.9 Å². The number of carbonyl (C=O) groups excluding carboxylic acids is 3. The van der Waals surface area contributed by atoms with Crippen molar-refractivity contribution in [1.82, 2.24) is 0 Å². The van der Waals surface area contributed by atoms with Gasteiger partial charge in [-0.1, -0.05) is 36.4 Å². The van der Waals surface area contributed by atoms with Gasteiger partial charge in [-0.2, -0.15) is 0 Å². The molecule has 2 aromatic rings. The summed E-state index contributed by atoms with van der Waals surface area (Å²) >= 11 is 0. The van der Waals surface area contributed by atoms with Crippen LogP contribution in [0.15, 0.2) is 42.5 Å². The average Bonchev–Trinajstić information content (AvgIpc) is 2.71. The number of ether oxygens (including phenoxy) is 3. The van der Waals surface area contributed by atoms with Crippen LogP contribution in [0.4, 0.5) is 5.69 Å². The van der Waals surface area contributed by atoms with E-state index in [1.54, 1.807) is 32.9 Å². The van der Waals surface area contributed by atoms with E-state index in [2.05, 4.69) is 5.32 Å². The minimum Gasteiger partial charge on any atom is -0.487 e. The van der Waals surface area contributed by atoms with E-state index < -0.39 is 23.5 Å². The van der Waals surface area contributed by atoms with Crippen LogP contribution in [0, 0.1) is 12.8 Å². The van der Waals surface area contributed by atoms with Gasteiger partial charge < -0.3 is 19.5 Å². The zero-order chi connectivity index (χ0) is 23.9. The van der Waals surface area contributed by atoms with E-state index in [0.29, 0.717) is 23.6 Å². The summed E-state index contributed by atoms with van der Waals surface area (Å²) in [5, 5.41) is 2.80. The number of benzene rings is 2. The Labute approximate surface area is 189 Å². The van der Waals surface area contributed by atoms with Crippen molar-refractivity contribution in [2.45, 2.75) is 53.2 Å². The van der Waals surface area contributed by atoms with Crippen molar-refractivity contribution in [2.24, 2.45) is 5.92 Å². The summed E-state index contributed by atoms with van der Waals surface area (Å²) in [6, 6.07) is 13.1. The highest BCUT2D eigenvalue weighted by atomic mass is 16.6. The van der Waals surface area contributed by atoms with Crippen molar-refractivity contribution in [3.8, 4) is 5.75 Å². The first-order chi connectivity index (χ1) is 15.0. The Morgan fingerprint density at radius 3 is 2.22 bits per heavy atom. The molecular formula is C25H31NO6. The van der Waals surface area contributed by atoms with E-state index in [0.717, 1.165) is 11.1 Å². The monoisotopic (exact) mass is 441 g/mol. The van der Waals surface area contributed by atoms with E-state index in [1.807, 2.05) is 37.3 Å². The predicted molar refractivity (Wildman–Crippen MR) is 121 cm³/mol. The number of amides is 1. The second-order valence-electron chi connectivity index (χ2n) is 8.55. The highest BCUT2D eigenvalue weighted by molar-refractivity contribution is 5.95. The Bertz CT molecular complexity index is 962. The topological polar surface area (TPSA) is 90.9 Å². The minimum absolute atomic E-state index is 0.0739. The first-order valence-corrected chi connectivity index (χ1v) is 10.4. The van der Waals surface area contributed by atoms with E-state index in [1.165, 1.54) is 14.0 Å². The first-order valence-electron chi connectivity index (χ1n) is 10.4. The fraction of sp³-hybridized carbons (Fsp3) is 0.400. The predicted octanol–water partition coefficient (Wildman–Crippen LogP) is 4.21. The second kappa shape index (κ2) is 10.8. The molecule has 0 radical (unpaired) electrons. The smallest absolute Gasteiger partial charge is 0.321 e. The maximum absolute atomic E-state index is 12.6. The number of nitrogens with one attached hydrogen (secondary N) is 1. The summed E-state index contributed by atoms with van der Waals surface area (Å²) in [7, 11) is 1.24. The van der Waals surface area contributed by atoms with Crippen LogP contribution in [0.5, 0.6) is 5.75 Å². The van der Waals surface area contributed by atoms with Crippen LogP contribution in [0.25, 0.3) is 0 Å². The van der Waals surface area contributed by atoms with Crippen LogP contribution in [0.3, 0.4) is 0 Å². The molecule has 0 bridgehead atoms. The fourth-order valence-corrected chi connectivity index (χ4v) is 3.14. The van der Waals surface area contributed by atoms with Gasteiger partial charge in [0.05, 0.1) is 12.8 Å². The number of rotatable bonds is 8. The van der Waals surface area contributed by atoms with Crippen molar-refractivity contribution in [3.05, 3.63) is 59.2 Å². The van der Waals surface area contributed by atoms with Crippen LogP contribution in [-0.2, 0) is 36.9 Å². The molecule has 0 spiro atoms. The quantitative estimate of drug-likeness (QED) is 0.488. The molecule has 1 atom stereocenters. The van der Waals surface area contributed by atoms with Gasteiger partial charge in [-0.3, -0.25) is 14.4 Å². The lowest BCUT2D eigenvalue weighted by Gasteiger charge is -2.23. The summed E-state index contributed by atoms with van der Waals surface area (Å²) in [5.41, 5.74) is 2.20. The van der Waals surface area contributed by atoms with Gasteiger partial charge in [0.1, 0.15) is 18.0 Å². The van der Waals surface area contributed by atoms with E-state index in [-0.39, 0.29) is 12.3 Å². The molecule has 32 heavy (non-hydrogen) atoms. The molecule has 0 aliphatic heterocycles. The van der Waals surface area contributed by atoms with Gasteiger partial charge in [-0.25, -0.2) is 0 Å². The third-order valence-electron chi connectivity index (χ3n) is 4.51. The summed E-state index contributed by atoms with van der Waals surface area (Å²) in [6.45, 7) is 8.75. The number of hydrogen-bond acceptors (Lipinski definition) is 6. The van der Waals surface area contributed by atoms with Crippen molar-refractivity contribution >= 4 is 23.5 Å². The minimum atomic E-state index is -1.12. The SMILES string of the molecule is COC(=O)C(Cc1cc(C)c(NC(C)=O)c(OCc2ccccc2)c1)C(=O)OC(C)(C)C. The Kier molecular flexibility index (Phi) is 8.41. The zero-order valence-corrected chi connectivity index (χ0v) is 19.5. The molecule has 0 saturated carbocycles. The fourth-order valence-electron chi connectivity index (χ4n) is 3.14. The number of esters is 2. The molecule has 1 amide bonds. The molecule has 0 fully saturated rings. The Morgan fingerprint density at radius 1 is 1.00 bits per heavy atom. The lowest BCUT2D eigenvalue weighted by Crippen LogP contribution is -2.34.